The van der Waals surface area contributed by atoms with Crippen molar-refractivity contribution in [2.75, 3.05) is 6.61 Å². The normalized spacial score (nSPS) is 9.57. The molecule has 0 fully saturated rings. The third-order valence-corrected chi connectivity index (χ3v) is 1.59. The molecule has 0 aliphatic rings. The first kappa shape index (κ1) is 10.4. The first-order chi connectivity index (χ1) is 6.67. The van der Waals surface area contributed by atoms with Crippen LogP contribution < -0.4 is 0 Å². The minimum absolute atomic E-state index is 0.175. The summed E-state index contributed by atoms with van der Waals surface area (Å²) in [5.41, 5.74) is 1.23. The molecule has 4 heteroatoms. The summed E-state index contributed by atoms with van der Waals surface area (Å²) in [5, 5.41) is 0. The maximum Gasteiger partial charge on any atom is 0.356 e. The van der Waals surface area contributed by atoms with E-state index in [0.29, 0.717) is 12.9 Å². The average molecular weight is 193 g/mol. The molecule has 0 aliphatic carbocycles. The van der Waals surface area contributed by atoms with Crippen LogP contribution in [0.15, 0.2) is 12.1 Å². The molecule has 0 unspecified atom stereocenters. The van der Waals surface area contributed by atoms with E-state index in [4.69, 9.17) is 4.74 Å². The zero-order valence-corrected chi connectivity index (χ0v) is 8.11. The van der Waals surface area contributed by atoms with Crippen LogP contribution in [0, 0.1) is 6.92 Å². The Morgan fingerprint density at radius 2 is 2.29 bits per heavy atom. The Balaban J connectivity index is 3.02. The fraction of sp³-hybridized carbons (Fsp3) is 0.300. The van der Waals surface area contributed by atoms with Crippen molar-refractivity contribution in [3.05, 3.63) is 29.1 Å². The summed E-state index contributed by atoms with van der Waals surface area (Å²) in [5.74, 6) is -0.501. The van der Waals surface area contributed by atoms with Crippen molar-refractivity contribution < 1.29 is 14.3 Å². The number of carbonyl (C=O) groups is 2. The van der Waals surface area contributed by atoms with Gasteiger partial charge >= 0.3 is 5.97 Å². The Bertz CT molecular complexity index is 360. The molecule has 0 saturated carbocycles. The second-order valence-electron chi connectivity index (χ2n) is 2.79. The van der Waals surface area contributed by atoms with E-state index in [1.54, 1.807) is 26.0 Å². The minimum atomic E-state index is -0.501. The number of aryl methyl sites for hydroxylation is 1. The highest BCUT2D eigenvalue weighted by Gasteiger charge is 2.09. The van der Waals surface area contributed by atoms with Crippen molar-refractivity contribution >= 4 is 12.3 Å². The third-order valence-electron chi connectivity index (χ3n) is 1.59. The molecule has 0 saturated heterocycles. The van der Waals surface area contributed by atoms with Gasteiger partial charge in [-0.1, -0.05) is 0 Å². The lowest BCUT2D eigenvalue weighted by Crippen LogP contribution is -2.08. The highest BCUT2D eigenvalue weighted by Crippen LogP contribution is 2.05. The number of pyridine rings is 1. The van der Waals surface area contributed by atoms with Gasteiger partial charge in [0.2, 0.25) is 0 Å². The SMILES string of the molecule is CCOC(=O)c1cc(C)cc(C=O)n1. The summed E-state index contributed by atoms with van der Waals surface area (Å²) in [6, 6.07) is 3.20. The molecule has 0 atom stereocenters. The number of hydrogen-bond acceptors (Lipinski definition) is 4. The highest BCUT2D eigenvalue weighted by atomic mass is 16.5. The number of esters is 1. The molecular weight excluding hydrogens is 182 g/mol. The third kappa shape index (κ3) is 2.39. The summed E-state index contributed by atoms with van der Waals surface area (Å²) in [6.45, 7) is 3.80. The van der Waals surface area contributed by atoms with Crippen LogP contribution >= 0.6 is 0 Å². The predicted octanol–water partition coefficient (Wildman–Crippen LogP) is 1.38. The van der Waals surface area contributed by atoms with Gasteiger partial charge < -0.3 is 4.74 Å². The molecule has 0 radical (unpaired) electrons. The van der Waals surface area contributed by atoms with E-state index in [9.17, 15) is 9.59 Å². The summed E-state index contributed by atoms with van der Waals surface area (Å²) in [6.07, 6.45) is 0.607. The minimum Gasteiger partial charge on any atom is -0.461 e. The molecule has 0 bridgehead atoms. The lowest BCUT2D eigenvalue weighted by atomic mass is 10.2. The molecule has 14 heavy (non-hydrogen) atoms. The van der Waals surface area contributed by atoms with Gasteiger partial charge in [-0.25, -0.2) is 9.78 Å². The second kappa shape index (κ2) is 4.50. The molecule has 1 aromatic rings. The van der Waals surface area contributed by atoms with Gasteiger partial charge in [0.1, 0.15) is 11.4 Å². The Hall–Kier alpha value is -1.71. The van der Waals surface area contributed by atoms with Gasteiger partial charge in [0.15, 0.2) is 6.29 Å². The quantitative estimate of drug-likeness (QED) is 0.537. The van der Waals surface area contributed by atoms with E-state index >= 15 is 0 Å². The Labute approximate surface area is 81.9 Å². The Morgan fingerprint density at radius 1 is 1.57 bits per heavy atom. The molecule has 74 valence electrons. The van der Waals surface area contributed by atoms with Gasteiger partial charge in [-0.2, -0.15) is 0 Å². The van der Waals surface area contributed by atoms with E-state index in [-0.39, 0.29) is 11.4 Å². The van der Waals surface area contributed by atoms with Crippen molar-refractivity contribution in [1.29, 1.82) is 0 Å². The van der Waals surface area contributed by atoms with Crippen molar-refractivity contribution in [3.8, 4) is 0 Å². The van der Waals surface area contributed by atoms with E-state index in [0.717, 1.165) is 5.56 Å². The second-order valence-corrected chi connectivity index (χ2v) is 2.79. The molecule has 0 aliphatic heterocycles. The van der Waals surface area contributed by atoms with Gasteiger partial charge in [-0.15, -0.1) is 0 Å². The van der Waals surface area contributed by atoms with Crippen molar-refractivity contribution in [3.63, 3.8) is 0 Å². The number of aromatic nitrogens is 1. The van der Waals surface area contributed by atoms with Crippen LogP contribution in [0.4, 0.5) is 0 Å². The van der Waals surface area contributed by atoms with Gasteiger partial charge in [0, 0.05) is 0 Å². The van der Waals surface area contributed by atoms with Crippen LogP contribution in [0.3, 0.4) is 0 Å². The lowest BCUT2D eigenvalue weighted by molar-refractivity contribution is 0.0519. The van der Waals surface area contributed by atoms with E-state index in [1.807, 2.05) is 0 Å². The molecule has 1 aromatic heterocycles. The number of aldehydes is 1. The Morgan fingerprint density at radius 3 is 2.86 bits per heavy atom. The molecule has 4 nitrogen and oxygen atoms in total. The molecule has 0 spiro atoms. The van der Waals surface area contributed by atoms with Crippen LogP contribution in [0.1, 0.15) is 33.5 Å². The smallest absolute Gasteiger partial charge is 0.356 e. The fourth-order valence-electron chi connectivity index (χ4n) is 1.06. The highest BCUT2D eigenvalue weighted by molar-refractivity contribution is 5.88. The van der Waals surface area contributed by atoms with Gasteiger partial charge in [-0.05, 0) is 31.5 Å². The molecule has 0 amide bonds. The summed E-state index contributed by atoms with van der Waals surface area (Å²) in [7, 11) is 0. The van der Waals surface area contributed by atoms with Crippen LogP contribution in [-0.4, -0.2) is 23.8 Å². The maximum absolute atomic E-state index is 11.3. The van der Waals surface area contributed by atoms with Crippen LogP contribution in [0.25, 0.3) is 0 Å². The first-order valence-electron chi connectivity index (χ1n) is 4.28. The molecule has 0 aromatic carbocycles. The zero-order valence-electron chi connectivity index (χ0n) is 8.11. The molecule has 1 heterocycles. The van der Waals surface area contributed by atoms with Gasteiger partial charge in [0.05, 0.1) is 6.61 Å². The number of carbonyl (C=O) groups excluding carboxylic acids is 2. The van der Waals surface area contributed by atoms with Gasteiger partial charge in [-0.3, -0.25) is 4.79 Å². The number of nitrogens with zero attached hydrogens (tertiary/aromatic N) is 1. The average Bonchev–Trinajstić information content (AvgIpc) is 2.17. The maximum atomic E-state index is 11.3. The Kier molecular flexibility index (Phi) is 3.34. The number of hydrogen-bond donors (Lipinski definition) is 0. The van der Waals surface area contributed by atoms with Crippen molar-refractivity contribution in [2.24, 2.45) is 0 Å². The fourth-order valence-corrected chi connectivity index (χ4v) is 1.06. The summed E-state index contributed by atoms with van der Waals surface area (Å²) in [4.78, 5) is 25.6. The van der Waals surface area contributed by atoms with Crippen LogP contribution in [-0.2, 0) is 4.74 Å². The predicted molar refractivity (Wildman–Crippen MR) is 50.3 cm³/mol. The van der Waals surface area contributed by atoms with Crippen LogP contribution in [0.2, 0.25) is 0 Å². The zero-order chi connectivity index (χ0) is 10.6. The number of ether oxygens (including phenoxy) is 1. The van der Waals surface area contributed by atoms with E-state index < -0.39 is 5.97 Å². The largest absolute Gasteiger partial charge is 0.461 e. The van der Waals surface area contributed by atoms with E-state index in [1.165, 1.54) is 0 Å². The lowest BCUT2D eigenvalue weighted by Gasteiger charge is -2.02. The van der Waals surface area contributed by atoms with Crippen molar-refractivity contribution in [2.45, 2.75) is 13.8 Å². The molecule has 1 rings (SSSR count). The van der Waals surface area contributed by atoms with E-state index in [2.05, 4.69) is 4.98 Å². The summed E-state index contributed by atoms with van der Waals surface area (Å²) < 4.78 is 4.77. The molecule has 0 N–H and O–H groups in total. The van der Waals surface area contributed by atoms with Crippen LogP contribution in [0.5, 0.6) is 0 Å². The standard InChI is InChI=1S/C10H11NO3/c1-3-14-10(13)9-5-7(2)4-8(6-12)11-9/h4-6H,3H2,1-2H3. The van der Waals surface area contributed by atoms with Gasteiger partial charge in [0.25, 0.3) is 0 Å². The monoisotopic (exact) mass is 193 g/mol. The summed E-state index contributed by atoms with van der Waals surface area (Å²) >= 11 is 0. The molecular formula is C10H11NO3. The van der Waals surface area contributed by atoms with Crippen molar-refractivity contribution in [1.82, 2.24) is 4.98 Å². The number of rotatable bonds is 3. The topological polar surface area (TPSA) is 56.3 Å². The first-order valence-corrected chi connectivity index (χ1v) is 4.28.